The molecule has 0 aliphatic carbocycles. The van der Waals surface area contributed by atoms with E-state index in [4.69, 9.17) is 4.74 Å². The molecule has 0 saturated heterocycles. The predicted octanol–water partition coefficient (Wildman–Crippen LogP) is 3.95. The number of hydrogen-bond acceptors (Lipinski definition) is 6. The molecule has 0 aliphatic rings. The minimum Gasteiger partial charge on any atom is -0.488 e. The van der Waals surface area contributed by atoms with Crippen LogP contribution < -0.4 is 10.1 Å². The van der Waals surface area contributed by atoms with Crippen LogP contribution in [-0.4, -0.2) is 31.1 Å². The molecule has 32 heavy (non-hydrogen) atoms. The summed E-state index contributed by atoms with van der Waals surface area (Å²) in [5.74, 6) is 0.338. The number of tetrazole rings is 1. The number of hydrogen-bond donors (Lipinski definition) is 1. The molecule has 1 N–H and O–H groups in total. The number of nitrogens with zero attached hydrogens (tertiary/aromatic N) is 5. The molecule has 4 aromatic rings. The lowest BCUT2D eigenvalue weighted by Crippen LogP contribution is -2.14. The highest BCUT2D eigenvalue weighted by molar-refractivity contribution is 6.04. The maximum atomic E-state index is 14.3. The number of aryl methyl sites for hydroxylation is 3. The van der Waals surface area contributed by atoms with Gasteiger partial charge in [-0.05, 0) is 78.7 Å². The number of aromatic nitrogens is 5. The van der Waals surface area contributed by atoms with Crippen molar-refractivity contribution in [3.8, 4) is 11.4 Å². The Morgan fingerprint density at radius 1 is 1.12 bits per heavy atom. The van der Waals surface area contributed by atoms with E-state index >= 15 is 0 Å². The highest BCUT2D eigenvalue weighted by atomic mass is 19.1. The summed E-state index contributed by atoms with van der Waals surface area (Å²) in [6.45, 7) is 5.82. The number of carbonyl (C=O) groups excluding carboxylic acids is 1. The zero-order chi connectivity index (χ0) is 22.7. The highest BCUT2D eigenvalue weighted by Gasteiger charge is 2.15. The monoisotopic (exact) mass is 432 g/mol. The van der Waals surface area contributed by atoms with Gasteiger partial charge < -0.3 is 10.1 Å². The van der Waals surface area contributed by atoms with Crippen LogP contribution in [0.1, 0.15) is 32.9 Å². The fourth-order valence-corrected chi connectivity index (χ4v) is 3.36. The van der Waals surface area contributed by atoms with Gasteiger partial charge in [-0.15, -0.1) is 5.10 Å². The Bertz CT molecular complexity index is 1250. The average molecular weight is 432 g/mol. The van der Waals surface area contributed by atoms with Crippen LogP contribution in [-0.2, 0) is 6.61 Å². The molecule has 162 valence electrons. The van der Waals surface area contributed by atoms with Gasteiger partial charge in [0.2, 0.25) is 0 Å². The van der Waals surface area contributed by atoms with Gasteiger partial charge in [0.05, 0.1) is 0 Å². The molecule has 2 aromatic carbocycles. The van der Waals surface area contributed by atoms with Crippen molar-refractivity contribution in [2.45, 2.75) is 27.4 Å². The summed E-state index contributed by atoms with van der Waals surface area (Å²) in [5.41, 5.74) is 3.67. The first-order valence-electron chi connectivity index (χ1n) is 9.91. The maximum Gasteiger partial charge on any atom is 0.255 e. The second-order valence-corrected chi connectivity index (χ2v) is 7.35. The number of pyridine rings is 1. The third-order valence-electron chi connectivity index (χ3n) is 4.89. The van der Waals surface area contributed by atoms with E-state index < -0.39 is 5.82 Å². The summed E-state index contributed by atoms with van der Waals surface area (Å²) < 4.78 is 21.5. The first-order valence-corrected chi connectivity index (χ1v) is 9.91. The van der Waals surface area contributed by atoms with Crippen LogP contribution in [0.15, 0.2) is 54.9 Å². The maximum absolute atomic E-state index is 14.3. The van der Waals surface area contributed by atoms with Crippen molar-refractivity contribution >= 4 is 11.6 Å². The second-order valence-electron chi connectivity index (χ2n) is 7.35. The minimum absolute atomic E-state index is 0.150. The smallest absolute Gasteiger partial charge is 0.255 e. The Kier molecular flexibility index (Phi) is 5.89. The molecule has 0 bridgehead atoms. The molecule has 0 unspecified atom stereocenters. The summed E-state index contributed by atoms with van der Waals surface area (Å²) in [4.78, 5) is 16.9. The Morgan fingerprint density at radius 2 is 1.91 bits per heavy atom. The van der Waals surface area contributed by atoms with Crippen LogP contribution in [0.3, 0.4) is 0 Å². The first-order chi connectivity index (χ1) is 15.4. The van der Waals surface area contributed by atoms with E-state index in [9.17, 15) is 9.18 Å². The molecule has 0 radical (unpaired) electrons. The predicted molar refractivity (Wildman–Crippen MR) is 116 cm³/mol. The molecule has 9 heteroatoms. The van der Waals surface area contributed by atoms with Crippen LogP contribution in [0.5, 0.6) is 5.75 Å². The van der Waals surface area contributed by atoms with E-state index in [0.29, 0.717) is 23.7 Å². The van der Waals surface area contributed by atoms with Gasteiger partial charge in [0.1, 0.15) is 23.9 Å². The number of rotatable bonds is 6. The molecule has 2 heterocycles. The molecular weight excluding hydrogens is 411 g/mol. The van der Waals surface area contributed by atoms with E-state index in [2.05, 4.69) is 25.8 Å². The van der Waals surface area contributed by atoms with Crippen molar-refractivity contribution in [2.24, 2.45) is 0 Å². The standard InChI is InChI=1S/C23H21FN6O2/c1-14-9-18(10-15(2)22(14)32-13-17-5-4-8-25-12-17)23(31)26-19-6-7-20(24)21(11-19)30-16(3)27-28-29-30/h4-12H,13H2,1-3H3,(H,26,31). The molecule has 0 aliphatic heterocycles. The lowest BCUT2D eigenvalue weighted by molar-refractivity contribution is 0.102. The van der Waals surface area contributed by atoms with E-state index in [-0.39, 0.29) is 11.6 Å². The van der Waals surface area contributed by atoms with E-state index in [0.717, 1.165) is 22.4 Å². The highest BCUT2D eigenvalue weighted by Crippen LogP contribution is 2.27. The Hall–Kier alpha value is -4.14. The number of anilines is 1. The fraction of sp³-hybridized carbons (Fsp3) is 0.174. The largest absolute Gasteiger partial charge is 0.488 e. The molecule has 8 nitrogen and oxygen atoms in total. The van der Waals surface area contributed by atoms with Crippen molar-refractivity contribution in [1.29, 1.82) is 0 Å². The Labute approximate surface area is 184 Å². The zero-order valence-corrected chi connectivity index (χ0v) is 17.8. The lowest BCUT2D eigenvalue weighted by Gasteiger charge is -2.14. The molecule has 1 amide bonds. The van der Waals surface area contributed by atoms with Gasteiger partial charge in [-0.3, -0.25) is 9.78 Å². The number of benzene rings is 2. The summed E-state index contributed by atoms with van der Waals surface area (Å²) in [6, 6.07) is 11.6. The summed E-state index contributed by atoms with van der Waals surface area (Å²) >= 11 is 0. The number of amides is 1. The number of ether oxygens (including phenoxy) is 1. The van der Waals surface area contributed by atoms with E-state index in [1.54, 1.807) is 31.5 Å². The van der Waals surface area contributed by atoms with Gasteiger partial charge in [0.15, 0.2) is 5.82 Å². The second kappa shape index (κ2) is 8.93. The average Bonchev–Trinajstić information content (AvgIpc) is 3.20. The number of carbonyl (C=O) groups is 1. The number of nitrogens with one attached hydrogen (secondary N) is 1. The van der Waals surface area contributed by atoms with Gasteiger partial charge >= 0.3 is 0 Å². The van der Waals surface area contributed by atoms with E-state index in [1.165, 1.54) is 22.9 Å². The van der Waals surface area contributed by atoms with E-state index in [1.807, 2.05) is 26.0 Å². The summed E-state index contributed by atoms with van der Waals surface area (Å²) in [7, 11) is 0. The van der Waals surface area contributed by atoms with Crippen LogP contribution in [0.4, 0.5) is 10.1 Å². The topological polar surface area (TPSA) is 94.8 Å². The molecule has 0 spiro atoms. The van der Waals surface area contributed by atoms with Crippen molar-refractivity contribution in [3.63, 3.8) is 0 Å². The van der Waals surface area contributed by atoms with Crippen LogP contribution in [0, 0.1) is 26.6 Å². The molecule has 4 rings (SSSR count). The molecular formula is C23H21FN6O2. The minimum atomic E-state index is -0.500. The van der Waals surface area contributed by atoms with Crippen LogP contribution in [0.2, 0.25) is 0 Å². The Balaban J connectivity index is 1.52. The summed E-state index contributed by atoms with van der Waals surface area (Å²) in [6.07, 6.45) is 3.46. The molecule has 0 saturated carbocycles. The van der Waals surface area contributed by atoms with Crippen molar-refractivity contribution in [2.75, 3.05) is 5.32 Å². The molecule has 2 aromatic heterocycles. The van der Waals surface area contributed by atoms with Crippen LogP contribution >= 0.6 is 0 Å². The first kappa shape index (κ1) is 21.1. The third kappa shape index (κ3) is 4.46. The zero-order valence-electron chi connectivity index (χ0n) is 17.8. The van der Waals surface area contributed by atoms with Gasteiger partial charge in [0, 0.05) is 29.2 Å². The SMILES string of the molecule is Cc1cc(C(=O)Nc2ccc(F)c(-n3nnnc3C)c2)cc(C)c1OCc1cccnc1. The lowest BCUT2D eigenvalue weighted by atomic mass is 10.0. The normalized spacial score (nSPS) is 10.8. The fourth-order valence-electron chi connectivity index (χ4n) is 3.36. The van der Waals surface area contributed by atoms with Gasteiger partial charge in [-0.25, -0.2) is 4.39 Å². The third-order valence-corrected chi connectivity index (χ3v) is 4.89. The van der Waals surface area contributed by atoms with Crippen molar-refractivity contribution < 1.29 is 13.9 Å². The molecule has 0 atom stereocenters. The Morgan fingerprint density at radius 3 is 2.56 bits per heavy atom. The van der Waals surface area contributed by atoms with Gasteiger partial charge in [0.25, 0.3) is 5.91 Å². The summed E-state index contributed by atoms with van der Waals surface area (Å²) in [5, 5.41) is 13.9. The van der Waals surface area contributed by atoms with Crippen LogP contribution in [0.25, 0.3) is 5.69 Å². The quantitative estimate of drug-likeness (QED) is 0.496. The molecule has 0 fully saturated rings. The van der Waals surface area contributed by atoms with Crippen molar-refractivity contribution in [1.82, 2.24) is 25.2 Å². The van der Waals surface area contributed by atoms with Gasteiger partial charge in [-0.2, -0.15) is 4.68 Å². The number of halogens is 1. The van der Waals surface area contributed by atoms with Crippen molar-refractivity contribution in [3.05, 3.63) is 88.8 Å². The van der Waals surface area contributed by atoms with Gasteiger partial charge in [-0.1, -0.05) is 6.07 Å².